The number of rotatable bonds is 4. The van der Waals surface area contributed by atoms with E-state index in [0.29, 0.717) is 14.6 Å². The molecule has 1 aromatic carbocycles. The third-order valence-corrected chi connectivity index (χ3v) is 3.59. The van der Waals surface area contributed by atoms with Crippen LogP contribution in [0.1, 0.15) is 10.4 Å². The quantitative estimate of drug-likeness (QED) is 0.577. The first-order chi connectivity index (χ1) is 9.88. The van der Waals surface area contributed by atoms with Gasteiger partial charge in [-0.2, -0.15) is 0 Å². The summed E-state index contributed by atoms with van der Waals surface area (Å²) >= 11 is 6.34. The molecular formula is C12H7Br2N3O4. The van der Waals surface area contributed by atoms with Crippen LogP contribution in [0.15, 0.2) is 39.4 Å². The van der Waals surface area contributed by atoms with E-state index in [1.54, 1.807) is 0 Å². The van der Waals surface area contributed by atoms with E-state index in [-0.39, 0.29) is 17.1 Å². The lowest BCUT2D eigenvalue weighted by Crippen LogP contribution is -2.01. The van der Waals surface area contributed by atoms with Crippen LogP contribution >= 0.6 is 31.9 Å². The Morgan fingerprint density at radius 1 is 1.33 bits per heavy atom. The molecule has 1 aromatic heterocycles. The molecule has 0 aliphatic rings. The van der Waals surface area contributed by atoms with E-state index in [0.717, 1.165) is 0 Å². The van der Waals surface area contributed by atoms with Crippen molar-refractivity contribution in [2.75, 3.05) is 5.32 Å². The van der Waals surface area contributed by atoms with E-state index in [2.05, 4.69) is 42.2 Å². The Kier molecular flexibility index (Phi) is 4.53. The molecule has 0 fully saturated rings. The van der Waals surface area contributed by atoms with Crippen molar-refractivity contribution in [2.45, 2.75) is 0 Å². The van der Waals surface area contributed by atoms with Crippen molar-refractivity contribution < 1.29 is 14.8 Å². The molecule has 0 atom stereocenters. The average molecular weight is 417 g/mol. The van der Waals surface area contributed by atoms with Gasteiger partial charge in [-0.25, -0.2) is 9.78 Å². The van der Waals surface area contributed by atoms with E-state index < -0.39 is 10.9 Å². The zero-order valence-corrected chi connectivity index (χ0v) is 13.4. The van der Waals surface area contributed by atoms with Gasteiger partial charge in [0.05, 0.1) is 16.2 Å². The van der Waals surface area contributed by atoms with Crippen LogP contribution in [-0.2, 0) is 0 Å². The third-order valence-electron chi connectivity index (χ3n) is 2.50. The molecule has 2 N–H and O–H groups in total. The largest absolute Gasteiger partial charge is 0.478 e. The highest BCUT2D eigenvalue weighted by Crippen LogP contribution is 2.31. The zero-order valence-electron chi connectivity index (χ0n) is 10.2. The molecule has 0 spiro atoms. The van der Waals surface area contributed by atoms with Gasteiger partial charge in [-0.1, -0.05) is 0 Å². The molecule has 0 radical (unpaired) electrons. The van der Waals surface area contributed by atoms with Gasteiger partial charge in [0.2, 0.25) is 5.82 Å². The topological polar surface area (TPSA) is 105 Å². The van der Waals surface area contributed by atoms with Gasteiger partial charge >= 0.3 is 11.7 Å². The van der Waals surface area contributed by atoms with Gasteiger partial charge in [0, 0.05) is 21.2 Å². The maximum absolute atomic E-state index is 11.0. The van der Waals surface area contributed by atoms with Crippen LogP contribution in [0.2, 0.25) is 0 Å². The van der Waals surface area contributed by atoms with Crippen molar-refractivity contribution in [1.82, 2.24) is 4.98 Å². The van der Waals surface area contributed by atoms with Gasteiger partial charge in [0.15, 0.2) is 0 Å². The standard InChI is InChI=1S/C12H7Br2N3O4/c13-7-4-10(17(20)21)11(15-5-7)16-9-2-1-6(12(18)19)3-8(9)14/h1-5H,(H,15,16)(H,18,19). The minimum atomic E-state index is -1.06. The molecule has 0 aliphatic carbocycles. The lowest BCUT2D eigenvalue weighted by atomic mass is 10.2. The molecule has 21 heavy (non-hydrogen) atoms. The molecule has 0 saturated heterocycles. The third kappa shape index (κ3) is 3.56. The Morgan fingerprint density at radius 3 is 2.62 bits per heavy atom. The van der Waals surface area contributed by atoms with Crippen molar-refractivity contribution in [3.8, 4) is 0 Å². The number of nitrogens with one attached hydrogen (secondary N) is 1. The zero-order chi connectivity index (χ0) is 15.6. The first-order valence-electron chi connectivity index (χ1n) is 5.48. The predicted molar refractivity (Wildman–Crippen MR) is 83.0 cm³/mol. The van der Waals surface area contributed by atoms with Crippen molar-refractivity contribution >= 4 is 55.0 Å². The summed E-state index contributed by atoms with van der Waals surface area (Å²) in [5.41, 5.74) is 0.377. The smallest absolute Gasteiger partial charge is 0.335 e. The molecule has 2 aromatic rings. The van der Waals surface area contributed by atoms with Crippen molar-refractivity contribution in [1.29, 1.82) is 0 Å². The van der Waals surface area contributed by atoms with Crippen LogP contribution in [0.25, 0.3) is 0 Å². The number of aromatic nitrogens is 1. The van der Waals surface area contributed by atoms with Gasteiger partial charge in [-0.15, -0.1) is 0 Å². The van der Waals surface area contributed by atoms with Gasteiger partial charge in [0.1, 0.15) is 0 Å². The number of nitro groups is 1. The van der Waals surface area contributed by atoms with Crippen molar-refractivity contribution in [3.05, 3.63) is 55.1 Å². The van der Waals surface area contributed by atoms with E-state index >= 15 is 0 Å². The molecule has 108 valence electrons. The lowest BCUT2D eigenvalue weighted by molar-refractivity contribution is -0.384. The SMILES string of the molecule is O=C(O)c1ccc(Nc2ncc(Br)cc2[N+](=O)[O-])c(Br)c1. The number of carboxylic acids is 1. The normalized spacial score (nSPS) is 10.2. The molecule has 9 heteroatoms. The van der Waals surface area contributed by atoms with E-state index in [4.69, 9.17) is 5.11 Å². The Hall–Kier alpha value is -2.00. The monoisotopic (exact) mass is 415 g/mol. The summed E-state index contributed by atoms with van der Waals surface area (Å²) in [5.74, 6) is -0.998. The van der Waals surface area contributed by atoms with Crippen LogP contribution in [-0.4, -0.2) is 21.0 Å². The summed E-state index contributed by atoms with van der Waals surface area (Å²) in [4.78, 5) is 25.3. The molecule has 0 aliphatic heterocycles. The molecule has 0 unspecified atom stereocenters. The van der Waals surface area contributed by atoms with Gasteiger partial charge in [-0.05, 0) is 50.1 Å². The Balaban J connectivity index is 2.39. The van der Waals surface area contributed by atoms with Gasteiger partial charge in [0.25, 0.3) is 0 Å². The minimum Gasteiger partial charge on any atom is -0.478 e. The summed E-state index contributed by atoms with van der Waals surface area (Å²) in [6.07, 6.45) is 1.43. The van der Waals surface area contributed by atoms with Crippen LogP contribution < -0.4 is 5.32 Å². The number of pyridine rings is 1. The predicted octanol–water partition coefficient (Wildman–Crippen LogP) is 3.96. The van der Waals surface area contributed by atoms with Crippen molar-refractivity contribution in [2.24, 2.45) is 0 Å². The van der Waals surface area contributed by atoms with Gasteiger partial charge in [-0.3, -0.25) is 10.1 Å². The van der Waals surface area contributed by atoms with E-state index in [9.17, 15) is 14.9 Å². The second kappa shape index (κ2) is 6.19. The number of anilines is 2. The maximum Gasteiger partial charge on any atom is 0.335 e. The molecule has 7 nitrogen and oxygen atoms in total. The number of carboxylic acid groups (broad SMARTS) is 1. The fourth-order valence-corrected chi connectivity index (χ4v) is 2.34. The number of carbonyl (C=O) groups is 1. The summed E-state index contributed by atoms with van der Waals surface area (Å²) < 4.78 is 0.946. The molecule has 0 amide bonds. The Labute approximate surface area is 135 Å². The summed E-state index contributed by atoms with van der Waals surface area (Å²) in [7, 11) is 0. The van der Waals surface area contributed by atoms with Gasteiger partial charge < -0.3 is 10.4 Å². The summed E-state index contributed by atoms with van der Waals surface area (Å²) in [6, 6.07) is 5.62. The fourth-order valence-electron chi connectivity index (χ4n) is 1.54. The second-order valence-electron chi connectivity index (χ2n) is 3.90. The fraction of sp³-hybridized carbons (Fsp3) is 0. The highest BCUT2D eigenvalue weighted by Gasteiger charge is 2.17. The minimum absolute atomic E-state index is 0.0620. The van der Waals surface area contributed by atoms with Crippen LogP contribution in [0.4, 0.5) is 17.2 Å². The molecule has 1 heterocycles. The number of hydrogen-bond acceptors (Lipinski definition) is 5. The van der Waals surface area contributed by atoms with Crippen LogP contribution in [0, 0.1) is 10.1 Å². The summed E-state index contributed by atoms with van der Waals surface area (Å²) in [5, 5.41) is 22.7. The van der Waals surface area contributed by atoms with E-state index in [1.165, 1.54) is 30.5 Å². The molecule has 2 rings (SSSR count). The molecular weight excluding hydrogens is 410 g/mol. The highest BCUT2D eigenvalue weighted by molar-refractivity contribution is 9.10. The Bertz CT molecular complexity index is 736. The number of benzene rings is 1. The van der Waals surface area contributed by atoms with E-state index in [1.807, 2.05) is 0 Å². The van der Waals surface area contributed by atoms with Crippen LogP contribution in [0.3, 0.4) is 0 Å². The second-order valence-corrected chi connectivity index (χ2v) is 5.67. The number of halogens is 2. The molecule has 0 bridgehead atoms. The lowest BCUT2D eigenvalue weighted by Gasteiger charge is -2.09. The van der Waals surface area contributed by atoms with Crippen molar-refractivity contribution in [3.63, 3.8) is 0 Å². The number of hydrogen-bond donors (Lipinski definition) is 2. The average Bonchev–Trinajstić information content (AvgIpc) is 2.42. The number of nitrogens with zero attached hydrogens (tertiary/aromatic N) is 2. The highest BCUT2D eigenvalue weighted by atomic mass is 79.9. The molecule has 0 saturated carbocycles. The first kappa shape index (κ1) is 15.4. The maximum atomic E-state index is 11.0. The van der Waals surface area contributed by atoms with Crippen LogP contribution in [0.5, 0.6) is 0 Å². The Morgan fingerprint density at radius 2 is 2.05 bits per heavy atom. The summed E-state index contributed by atoms with van der Waals surface area (Å²) in [6.45, 7) is 0. The first-order valence-corrected chi connectivity index (χ1v) is 7.07. The number of aromatic carboxylic acids is 1.